The van der Waals surface area contributed by atoms with Gasteiger partial charge >= 0.3 is 0 Å². The van der Waals surface area contributed by atoms with E-state index >= 15 is 0 Å². The first-order valence-electron chi connectivity index (χ1n) is 8.47. The Balaban J connectivity index is 1.44. The number of rotatable bonds is 5. The van der Waals surface area contributed by atoms with E-state index in [2.05, 4.69) is 23.5 Å². The Bertz CT molecular complexity index is 974. The maximum absolute atomic E-state index is 13.8. The lowest BCUT2D eigenvalue weighted by Crippen LogP contribution is -2.14. The molecule has 26 heavy (non-hydrogen) atoms. The van der Waals surface area contributed by atoms with Gasteiger partial charge in [-0.2, -0.15) is 0 Å². The Labute approximate surface area is 160 Å². The molecule has 1 aliphatic rings. The van der Waals surface area contributed by atoms with E-state index in [0.717, 1.165) is 23.9 Å². The van der Waals surface area contributed by atoms with Crippen molar-refractivity contribution in [2.45, 2.75) is 18.6 Å². The molecule has 0 saturated heterocycles. The fourth-order valence-electron chi connectivity index (χ4n) is 3.46. The van der Waals surface area contributed by atoms with Crippen LogP contribution in [0.3, 0.4) is 0 Å². The molecule has 3 aromatic rings. The van der Waals surface area contributed by atoms with Gasteiger partial charge in [0.1, 0.15) is 5.82 Å². The number of hydrogen-bond donors (Lipinski definition) is 1. The Morgan fingerprint density at radius 3 is 2.65 bits per heavy atom. The van der Waals surface area contributed by atoms with Crippen molar-refractivity contribution in [1.29, 1.82) is 0 Å². The van der Waals surface area contributed by atoms with Gasteiger partial charge in [0.05, 0.1) is 5.75 Å². The Morgan fingerprint density at radius 1 is 1.08 bits per heavy atom. The van der Waals surface area contributed by atoms with Gasteiger partial charge in [-0.15, -0.1) is 11.8 Å². The number of hydrogen-bond acceptors (Lipinski definition) is 2. The minimum Gasteiger partial charge on any atom is -0.325 e. The number of halogens is 2. The first-order chi connectivity index (χ1) is 12.6. The highest BCUT2D eigenvalue weighted by atomic mass is 35.5. The molecule has 1 N–H and O–H groups in total. The lowest BCUT2D eigenvalue weighted by Gasteiger charge is -2.11. The van der Waals surface area contributed by atoms with Crippen molar-refractivity contribution in [1.82, 2.24) is 0 Å². The van der Waals surface area contributed by atoms with Crippen LogP contribution < -0.4 is 5.32 Å². The molecule has 0 unspecified atom stereocenters. The Kier molecular flexibility index (Phi) is 4.88. The number of aryl methyl sites for hydroxylation is 2. The summed E-state index contributed by atoms with van der Waals surface area (Å²) < 4.78 is 13.8. The van der Waals surface area contributed by atoms with Crippen LogP contribution in [0.25, 0.3) is 10.8 Å². The predicted octanol–water partition coefficient (Wildman–Crippen LogP) is 5.60. The fraction of sp³-hybridized carbons (Fsp3) is 0.190. The molecule has 2 nitrogen and oxygen atoms in total. The number of nitrogens with one attached hydrogen (secondary N) is 1. The van der Waals surface area contributed by atoms with Crippen molar-refractivity contribution in [3.63, 3.8) is 0 Å². The average molecular weight is 386 g/mol. The van der Waals surface area contributed by atoms with Gasteiger partial charge in [-0.25, -0.2) is 4.39 Å². The molecule has 0 atom stereocenters. The molecule has 0 fully saturated rings. The van der Waals surface area contributed by atoms with E-state index in [4.69, 9.17) is 11.6 Å². The molecule has 132 valence electrons. The molecule has 1 amide bonds. The molecule has 0 aromatic heterocycles. The van der Waals surface area contributed by atoms with Gasteiger partial charge in [0.2, 0.25) is 5.91 Å². The standard InChI is InChI=1S/C21H17ClFNOS/c22-17-5-2-6-18(23)16(17)11-26-12-20(25)24-19-10-9-14-8-7-13-3-1-4-15(19)21(13)14/h1-6,9-10H,7-8,11-12H2,(H,24,25). The highest BCUT2D eigenvalue weighted by molar-refractivity contribution is 7.99. The summed E-state index contributed by atoms with van der Waals surface area (Å²) in [5, 5.41) is 5.75. The van der Waals surface area contributed by atoms with Crippen molar-refractivity contribution in [3.8, 4) is 0 Å². The highest BCUT2D eigenvalue weighted by Crippen LogP contribution is 2.35. The van der Waals surface area contributed by atoms with E-state index in [0.29, 0.717) is 16.3 Å². The molecule has 0 saturated carbocycles. The lowest BCUT2D eigenvalue weighted by atomic mass is 10.0. The normalized spacial score (nSPS) is 12.5. The van der Waals surface area contributed by atoms with Crippen molar-refractivity contribution < 1.29 is 9.18 Å². The van der Waals surface area contributed by atoms with Gasteiger partial charge < -0.3 is 5.32 Å². The van der Waals surface area contributed by atoms with Crippen LogP contribution in [0.15, 0.2) is 48.5 Å². The van der Waals surface area contributed by atoms with Crippen molar-refractivity contribution in [2.24, 2.45) is 0 Å². The third kappa shape index (κ3) is 3.31. The summed E-state index contributed by atoms with van der Waals surface area (Å²) in [5.41, 5.74) is 3.97. The van der Waals surface area contributed by atoms with E-state index in [-0.39, 0.29) is 17.5 Å². The molecule has 0 spiro atoms. The van der Waals surface area contributed by atoms with E-state index in [9.17, 15) is 9.18 Å². The zero-order valence-electron chi connectivity index (χ0n) is 14.0. The molecule has 0 aliphatic heterocycles. The van der Waals surface area contributed by atoms with Crippen LogP contribution in [0, 0.1) is 5.82 Å². The van der Waals surface area contributed by atoms with Gasteiger partial charge in [-0.05, 0) is 47.6 Å². The zero-order valence-corrected chi connectivity index (χ0v) is 15.6. The summed E-state index contributed by atoms with van der Waals surface area (Å²) in [6.07, 6.45) is 2.12. The number of amides is 1. The van der Waals surface area contributed by atoms with E-state index in [1.807, 2.05) is 12.1 Å². The van der Waals surface area contributed by atoms with Crippen LogP contribution in [0.4, 0.5) is 10.1 Å². The third-order valence-electron chi connectivity index (χ3n) is 4.69. The smallest absolute Gasteiger partial charge is 0.234 e. The highest BCUT2D eigenvalue weighted by Gasteiger charge is 2.16. The Hall–Kier alpha value is -2.04. The molecule has 5 heteroatoms. The van der Waals surface area contributed by atoms with Gasteiger partial charge in [0.25, 0.3) is 0 Å². The molecule has 1 aliphatic carbocycles. The quantitative estimate of drug-likeness (QED) is 0.619. The second-order valence-corrected chi connectivity index (χ2v) is 7.75. The summed E-state index contributed by atoms with van der Waals surface area (Å²) in [6.45, 7) is 0. The molecular weight excluding hydrogens is 369 g/mol. The number of thioether (sulfide) groups is 1. The van der Waals surface area contributed by atoms with Crippen LogP contribution in [-0.4, -0.2) is 11.7 Å². The monoisotopic (exact) mass is 385 g/mol. The summed E-state index contributed by atoms with van der Waals surface area (Å²) in [5.74, 6) is 0.176. The summed E-state index contributed by atoms with van der Waals surface area (Å²) in [4.78, 5) is 12.3. The lowest BCUT2D eigenvalue weighted by molar-refractivity contribution is -0.113. The van der Waals surface area contributed by atoms with E-state index in [1.54, 1.807) is 12.1 Å². The van der Waals surface area contributed by atoms with Crippen molar-refractivity contribution >= 4 is 45.7 Å². The van der Waals surface area contributed by atoms with Crippen LogP contribution in [-0.2, 0) is 23.4 Å². The first-order valence-corrected chi connectivity index (χ1v) is 10.0. The van der Waals surface area contributed by atoms with Crippen LogP contribution in [0.2, 0.25) is 5.02 Å². The number of benzene rings is 3. The summed E-state index contributed by atoms with van der Waals surface area (Å²) in [7, 11) is 0. The molecular formula is C21H17ClFNOS. The van der Waals surface area contributed by atoms with E-state index in [1.165, 1.54) is 34.3 Å². The third-order valence-corrected chi connectivity index (χ3v) is 6.01. The molecule has 0 radical (unpaired) electrons. The molecule has 4 rings (SSSR count). The zero-order chi connectivity index (χ0) is 18.1. The van der Waals surface area contributed by atoms with Gasteiger partial charge in [0, 0.05) is 27.4 Å². The second kappa shape index (κ2) is 7.29. The van der Waals surface area contributed by atoms with Gasteiger partial charge in [-0.1, -0.05) is 41.9 Å². The minimum absolute atomic E-state index is 0.0961. The van der Waals surface area contributed by atoms with Gasteiger partial charge in [-0.3, -0.25) is 4.79 Å². The molecule has 3 aromatic carbocycles. The number of carbonyl (C=O) groups is 1. The first kappa shape index (κ1) is 17.4. The van der Waals surface area contributed by atoms with Crippen LogP contribution in [0.1, 0.15) is 16.7 Å². The van der Waals surface area contributed by atoms with Crippen LogP contribution >= 0.6 is 23.4 Å². The number of anilines is 1. The summed E-state index contributed by atoms with van der Waals surface area (Å²) in [6, 6.07) is 14.9. The number of carbonyl (C=O) groups excluding carboxylic acids is 1. The van der Waals surface area contributed by atoms with Gasteiger partial charge in [0.15, 0.2) is 0 Å². The minimum atomic E-state index is -0.335. The van der Waals surface area contributed by atoms with Crippen molar-refractivity contribution in [3.05, 3.63) is 76.1 Å². The van der Waals surface area contributed by atoms with Crippen molar-refractivity contribution in [2.75, 3.05) is 11.1 Å². The van der Waals surface area contributed by atoms with Crippen LogP contribution in [0.5, 0.6) is 0 Å². The van der Waals surface area contributed by atoms with E-state index < -0.39 is 0 Å². The second-order valence-electron chi connectivity index (χ2n) is 6.35. The maximum Gasteiger partial charge on any atom is 0.234 e. The molecule has 0 bridgehead atoms. The summed E-state index contributed by atoms with van der Waals surface area (Å²) >= 11 is 7.37. The SMILES string of the molecule is O=C(CSCc1c(F)cccc1Cl)Nc1ccc2c3c(cccc13)CC2. The average Bonchev–Trinajstić information content (AvgIpc) is 3.05. The Morgan fingerprint density at radius 2 is 1.85 bits per heavy atom. The fourth-order valence-corrected chi connectivity index (χ4v) is 4.62. The predicted molar refractivity (Wildman–Crippen MR) is 108 cm³/mol. The topological polar surface area (TPSA) is 29.1 Å². The largest absolute Gasteiger partial charge is 0.325 e. The molecule has 0 heterocycles. The maximum atomic E-state index is 13.8.